The van der Waals surface area contributed by atoms with E-state index in [9.17, 15) is 8.42 Å². The molecule has 6 heteroatoms. The van der Waals surface area contributed by atoms with Crippen molar-refractivity contribution in [2.24, 2.45) is 0 Å². The normalized spacial score (nSPS) is 11.3. The van der Waals surface area contributed by atoms with Gasteiger partial charge in [-0.2, -0.15) is 0 Å². The first-order valence-corrected chi connectivity index (χ1v) is 8.70. The number of sulfone groups is 1. The van der Waals surface area contributed by atoms with Gasteiger partial charge in [0.1, 0.15) is 0 Å². The second kappa shape index (κ2) is 5.93. The highest BCUT2D eigenvalue weighted by Gasteiger charge is 2.08. The van der Waals surface area contributed by atoms with E-state index in [0.717, 1.165) is 22.0 Å². The van der Waals surface area contributed by atoms with Gasteiger partial charge in [-0.25, -0.2) is 13.4 Å². The number of pyridine rings is 1. The molecule has 0 bridgehead atoms. The van der Waals surface area contributed by atoms with E-state index in [1.54, 1.807) is 6.07 Å². The highest BCUT2D eigenvalue weighted by molar-refractivity contribution is 9.10. The maximum Gasteiger partial charge on any atom is 0.192 e. The summed E-state index contributed by atoms with van der Waals surface area (Å²) in [5.41, 5.74) is 3.10. The fraction of sp³-hybridized carbons (Fsp3) is 0.214. The van der Waals surface area contributed by atoms with Crippen LogP contribution in [0.3, 0.4) is 0 Å². The van der Waals surface area contributed by atoms with Gasteiger partial charge in [0, 0.05) is 17.3 Å². The fourth-order valence-corrected chi connectivity index (χ4v) is 2.89. The summed E-state index contributed by atoms with van der Waals surface area (Å²) in [6.07, 6.45) is 2.67. The number of rotatable bonds is 4. The number of benzene rings is 1. The highest BCUT2D eigenvalue weighted by Crippen LogP contribution is 2.20. The van der Waals surface area contributed by atoms with Crippen LogP contribution in [0.2, 0.25) is 0 Å². The molecule has 0 aliphatic rings. The topological polar surface area (TPSA) is 59.1 Å². The van der Waals surface area contributed by atoms with Crippen LogP contribution in [0.4, 0.5) is 5.69 Å². The lowest BCUT2D eigenvalue weighted by Gasteiger charge is -2.09. The van der Waals surface area contributed by atoms with Gasteiger partial charge < -0.3 is 5.32 Å². The minimum absolute atomic E-state index is 0.0829. The van der Waals surface area contributed by atoms with Gasteiger partial charge in [-0.1, -0.05) is 28.1 Å². The third-order valence-corrected chi connectivity index (χ3v) is 4.55. The summed E-state index contributed by atoms with van der Waals surface area (Å²) < 4.78 is 23.7. The number of aromatic nitrogens is 1. The van der Waals surface area contributed by atoms with Crippen LogP contribution in [0.25, 0.3) is 0 Å². The Bertz CT molecular complexity index is 712. The molecule has 1 aromatic carbocycles. The predicted octanol–water partition coefficient (Wildman–Crippen LogP) is 3.17. The van der Waals surface area contributed by atoms with E-state index in [-0.39, 0.29) is 5.03 Å². The number of halogens is 1. The predicted molar refractivity (Wildman–Crippen MR) is 83.6 cm³/mol. The lowest BCUT2D eigenvalue weighted by Crippen LogP contribution is -2.03. The van der Waals surface area contributed by atoms with Crippen molar-refractivity contribution in [3.8, 4) is 0 Å². The first kappa shape index (κ1) is 15.0. The average Bonchev–Trinajstić information content (AvgIpc) is 2.37. The van der Waals surface area contributed by atoms with E-state index in [4.69, 9.17) is 0 Å². The summed E-state index contributed by atoms with van der Waals surface area (Å²) >= 11 is 3.52. The Morgan fingerprint density at radius 1 is 1.25 bits per heavy atom. The molecule has 0 aliphatic heterocycles. The van der Waals surface area contributed by atoms with Gasteiger partial charge in [0.15, 0.2) is 14.9 Å². The van der Waals surface area contributed by atoms with Gasteiger partial charge in [0.05, 0.1) is 11.9 Å². The molecule has 0 unspecified atom stereocenters. The zero-order chi connectivity index (χ0) is 14.8. The molecule has 0 spiro atoms. The first-order chi connectivity index (χ1) is 9.36. The lowest BCUT2D eigenvalue weighted by molar-refractivity contribution is 0.598. The Kier molecular flexibility index (Phi) is 4.45. The van der Waals surface area contributed by atoms with Gasteiger partial charge in [0.25, 0.3) is 0 Å². The van der Waals surface area contributed by atoms with Crippen molar-refractivity contribution >= 4 is 31.5 Å². The molecule has 1 aromatic heterocycles. The van der Waals surface area contributed by atoms with E-state index >= 15 is 0 Å². The van der Waals surface area contributed by atoms with Gasteiger partial charge in [-0.15, -0.1) is 0 Å². The molecule has 4 nitrogen and oxygen atoms in total. The van der Waals surface area contributed by atoms with Crippen LogP contribution in [0.15, 0.2) is 46.0 Å². The summed E-state index contributed by atoms with van der Waals surface area (Å²) in [5.74, 6) is 0. The molecular weight excluding hydrogens is 340 g/mol. The molecule has 2 aromatic rings. The largest absolute Gasteiger partial charge is 0.380 e. The summed E-state index contributed by atoms with van der Waals surface area (Å²) in [5, 5.41) is 3.30. The van der Waals surface area contributed by atoms with Crippen LogP contribution in [-0.2, 0) is 16.4 Å². The second-order valence-corrected chi connectivity index (χ2v) is 7.42. The minimum atomic E-state index is -3.24. The molecule has 0 saturated carbocycles. The Labute approximate surface area is 127 Å². The third-order valence-electron chi connectivity index (χ3n) is 2.81. The SMILES string of the molecule is Cc1ccc(CNc2ccc(S(C)(=O)=O)nc2)c(Br)c1. The van der Waals surface area contributed by atoms with Gasteiger partial charge in [-0.05, 0) is 36.2 Å². The number of hydrogen-bond acceptors (Lipinski definition) is 4. The average molecular weight is 355 g/mol. The smallest absolute Gasteiger partial charge is 0.192 e. The minimum Gasteiger partial charge on any atom is -0.380 e. The quantitative estimate of drug-likeness (QED) is 0.915. The van der Waals surface area contributed by atoms with Crippen LogP contribution >= 0.6 is 15.9 Å². The molecule has 0 atom stereocenters. The number of hydrogen-bond donors (Lipinski definition) is 1. The Hall–Kier alpha value is -1.40. The van der Waals surface area contributed by atoms with Crippen molar-refractivity contribution in [3.05, 3.63) is 52.1 Å². The fourth-order valence-electron chi connectivity index (χ4n) is 1.70. The second-order valence-electron chi connectivity index (χ2n) is 4.61. The summed E-state index contributed by atoms with van der Waals surface area (Å²) in [6.45, 7) is 2.68. The van der Waals surface area contributed by atoms with Gasteiger partial charge in [0.2, 0.25) is 0 Å². The first-order valence-electron chi connectivity index (χ1n) is 6.01. The summed E-state index contributed by atoms with van der Waals surface area (Å²) in [7, 11) is -3.24. The zero-order valence-electron chi connectivity index (χ0n) is 11.2. The van der Waals surface area contributed by atoms with Crippen LogP contribution in [0.1, 0.15) is 11.1 Å². The lowest BCUT2D eigenvalue weighted by atomic mass is 10.1. The number of anilines is 1. The Balaban J connectivity index is 2.08. The molecule has 0 radical (unpaired) electrons. The van der Waals surface area contributed by atoms with Crippen molar-refractivity contribution in [2.75, 3.05) is 11.6 Å². The number of aryl methyl sites for hydroxylation is 1. The van der Waals surface area contributed by atoms with Crippen molar-refractivity contribution in [1.29, 1.82) is 0 Å². The Morgan fingerprint density at radius 2 is 2.00 bits per heavy atom. The van der Waals surface area contributed by atoms with E-state index in [2.05, 4.69) is 32.3 Å². The summed E-state index contributed by atoms with van der Waals surface area (Å²) in [4.78, 5) is 3.94. The van der Waals surface area contributed by atoms with E-state index in [1.807, 2.05) is 19.1 Å². The maximum atomic E-state index is 11.3. The van der Waals surface area contributed by atoms with E-state index in [0.29, 0.717) is 6.54 Å². The third kappa shape index (κ3) is 3.80. The monoisotopic (exact) mass is 354 g/mol. The van der Waals surface area contributed by atoms with Crippen LogP contribution in [0.5, 0.6) is 0 Å². The number of nitrogens with one attached hydrogen (secondary N) is 1. The van der Waals surface area contributed by atoms with Crippen LogP contribution in [0, 0.1) is 6.92 Å². The Morgan fingerprint density at radius 3 is 2.55 bits per heavy atom. The number of nitrogens with zero attached hydrogens (tertiary/aromatic N) is 1. The molecule has 0 fully saturated rings. The van der Waals surface area contributed by atoms with Crippen LogP contribution in [-0.4, -0.2) is 19.7 Å². The molecule has 0 amide bonds. The van der Waals surface area contributed by atoms with Gasteiger partial charge in [-0.3, -0.25) is 0 Å². The zero-order valence-corrected chi connectivity index (χ0v) is 13.6. The van der Waals surface area contributed by atoms with E-state index < -0.39 is 9.84 Å². The molecule has 0 aliphatic carbocycles. The van der Waals surface area contributed by atoms with Crippen molar-refractivity contribution in [1.82, 2.24) is 4.98 Å². The molecule has 106 valence electrons. The van der Waals surface area contributed by atoms with Crippen molar-refractivity contribution in [3.63, 3.8) is 0 Å². The van der Waals surface area contributed by atoms with Crippen LogP contribution < -0.4 is 5.32 Å². The molecule has 1 heterocycles. The van der Waals surface area contributed by atoms with E-state index in [1.165, 1.54) is 17.8 Å². The molecule has 0 saturated heterocycles. The highest BCUT2D eigenvalue weighted by atomic mass is 79.9. The molecule has 1 N–H and O–H groups in total. The van der Waals surface area contributed by atoms with Gasteiger partial charge >= 0.3 is 0 Å². The molecule has 2 rings (SSSR count). The molecule has 20 heavy (non-hydrogen) atoms. The standard InChI is InChI=1S/C14H15BrN2O2S/c1-10-3-4-11(13(15)7-10)8-16-12-5-6-14(17-9-12)20(2,18)19/h3-7,9,16H,8H2,1-2H3. The van der Waals surface area contributed by atoms with Crippen molar-refractivity contribution in [2.45, 2.75) is 18.5 Å². The van der Waals surface area contributed by atoms with Crippen molar-refractivity contribution < 1.29 is 8.42 Å². The molecular formula is C14H15BrN2O2S. The maximum absolute atomic E-state index is 11.3. The summed E-state index contributed by atoms with van der Waals surface area (Å²) in [6, 6.07) is 9.37.